The van der Waals surface area contributed by atoms with E-state index in [2.05, 4.69) is 10.2 Å². The van der Waals surface area contributed by atoms with Crippen molar-refractivity contribution in [2.24, 2.45) is 0 Å². The second-order valence-corrected chi connectivity index (χ2v) is 7.47. The lowest BCUT2D eigenvalue weighted by Crippen LogP contribution is -2.32. The first kappa shape index (κ1) is 14.9. The standard InChI is InChI=1S/C14H12ClN3O3S/c1-18(14(19)9-4-5-16-17-7-9)12-8-22(20,21)13-3-2-10(15)6-11(12)13/h2-7,12H,8H2,1H3/t12-/m0/s1. The highest BCUT2D eigenvalue weighted by atomic mass is 35.5. The van der Waals surface area contributed by atoms with Crippen molar-refractivity contribution in [3.05, 3.63) is 52.8 Å². The minimum absolute atomic E-state index is 0.149. The van der Waals surface area contributed by atoms with Crippen LogP contribution in [0.25, 0.3) is 0 Å². The Hall–Kier alpha value is -1.99. The van der Waals surface area contributed by atoms with Gasteiger partial charge in [-0.05, 0) is 29.8 Å². The molecule has 1 aliphatic rings. The van der Waals surface area contributed by atoms with E-state index in [0.717, 1.165) is 0 Å². The molecule has 0 spiro atoms. The van der Waals surface area contributed by atoms with Gasteiger partial charge in [0.15, 0.2) is 9.84 Å². The van der Waals surface area contributed by atoms with E-state index in [4.69, 9.17) is 11.6 Å². The molecule has 1 aromatic carbocycles. The van der Waals surface area contributed by atoms with Gasteiger partial charge >= 0.3 is 0 Å². The zero-order chi connectivity index (χ0) is 15.9. The second-order valence-electron chi connectivity index (χ2n) is 5.03. The molecule has 1 atom stereocenters. The van der Waals surface area contributed by atoms with Crippen LogP contribution in [0.2, 0.25) is 5.02 Å². The molecule has 1 aromatic heterocycles. The lowest BCUT2D eigenvalue weighted by molar-refractivity contribution is 0.0745. The Labute approximate surface area is 132 Å². The van der Waals surface area contributed by atoms with Gasteiger partial charge in [-0.15, -0.1) is 0 Å². The van der Waals surface area contributed by atoms with E-state index in [0.29, 0.717) is 16.1 Å². The fourth-order valence-electron chi connectivity index (χ4n) is 2.53. The van der Waals surface area contributed by atoms with Crippen molar-refractivity contribution >= 4 is 27.3 Å². The van der Waals surface area contributed by atoms with Crippen LogP contribution in [0.15, 0.2) is 41.6 Å². The van der Waals surface area contributed by atoms with Gasteiger partial charge in [0.1, 0.15) is 0 Å². The Morgan fingerprint density at radius 2 is 2.09 bits per heavy atom. The second kappa shape index (κ2) is 5.33. The van der Waals surface area contributed by atoms with Crippen LogP contribution in [0, 0.1) is 0 Å². The molecule has 8 heteroatoms. The number of benzene rings is 1. The monoisotopic (exact) mass is 337 g/mol. The van der Waals surface area contributed by atoms with Crippen LogP contribution < -0.4 is 0 Å². The molecule has 2 aromatic rings. The Balaban J connectivity index is 2.00. The van der Waals surface area contributed by atoms with Gasteiger partial charge in [0.25, 0.3) is 5.91 Å². The zero-order valence-electron chi connectivity index (χ0n) is 11.6. The van der Waals surface area contributed by atoms with Gasteiger partial charge in [-0.1, -0.05) is 11.6 Å². The number of sulfone groups is 1. The van der Waals surface area contributed by atoms with Gasteiger partial charge < -0.3 is 4.90 Å². The van der Waals surface area contributed by atoms with Crippen LogP contribution in [0.3, 0.4) is 0 Å². The van der Waals surface area contributed by atoms with Crippen molar-refractivity contribution in [2.45, 2.75) is 10.9 Å². The highest BCUT2D eigenvalue weighted by molar-refractivity contribution is 7.91. The molecule has 3 rings (SSSR count). The van der Waals surface area contributed by atoms with Gasteiger partial charge in [-0.25, -0.2) is 8.42 Å². The third kappa shape index (κ3) is 2.46. The third-order valence-electron chi connectivity index (χ3n) is 3.66. The van der Waals surface area contributed by atoms with Crippen molar-refractivity contribution < 1.29 is 13.2 Å². The summed E-state index contributed by atoms with van der Waals surface area (Å²) in [6.45, 7) is 0. The van der Waals surface area contributed by atoms with E-state index in [1.165, 1.54) is 35.5 Å². The van der Waals surface area contributed by atoms with Crippen LogP contribution in [0.5, 0.6) is 0 Å². The Morgan fingerprint density at radius 1 is 1.32 bits per heavy atom. The number of hydrogen-bond acceptors (Lipinski definition) is 5. The lowest BCUT2D eigenvalue weighted by atomic mass is 10.1. The maximum absolute atomic E-state index is 12.5. The summed E-state index contributed by atoms with van der Waals surface area (Å²) in [7, 11) is -1.84. The van der Waals surface area contributed by atoms with Crippen molar-refractivity contribution in [3.63, 3.8) is 0 Å². The normalized spacial score (nSPS) is 18.7. The molecule has 1 aliphatic heterocycles. The molecule has 2 heterocycles. The van der Waals surface area contributed by atoms with E-state index < -0.39 is 15.9 Å². The zero-order valence-corrected chi connectivity index (χ0v) is 13.2. The number of nitrogens with zero attached hydrogens (tertiary/aromatic N) is 3. The number of carbonyl (C=O) groups is 1. The van der Waals surface area contributed by atoms with Gasteiger partial charge in [-0.2, -0.15) is 10.2 Å². The average molecular weight is 338 g/mol. The Bertz CT molecular complexity index is 840. The lowest BCUT2D eigenvalue weighted by Gasteiger charge is -2.24. The molecule has 0 fully saturated rings. The SMILES string of the molecule is CN(C(=O)c1ccnnc1)[C@H]1CS(=O)(=O)c2ccc(Cl)cc21. The van der Waals surface area contributed by atoms with Crippen LogP contribution in [-0.2, 0) is 9.84 Å². The first-order chi connectivity index (χ1) is 10.4. The predicted octanol–water partition coefficient (Wildman–Crippen LogP) is 1.73. The van der Waals surface area contributed by atoms with E-state index in [1.54, 1.807) is 13.1 Å². The van der Waals surface area contributed by atoms with Crippen LogP contribution in [-0.4, -0.2) is 42.2 Å². The summed E-state index contributed by atoms with van der Waals surface area (Å²) in [5, 5.41) is 7.72. The summed E-state index contributed by atoms with van der Waals surface area (Å²) in [5.41, 5.74) is 0.899. The summed E-state index contributed by atoms with van der Waals surface area (Å²) in [6.07, 6.45) is 2.76. The number of rotatable bonds is 2. The maximum atomic E-state index is 12.5. The summed E-state index contributed by atoms with van der Waals surface area (Å²) >= 11 is 5.97. The fourth-order valence-corrected chi connectivity index (χ4v) is 4.54. The van der Waals surface area contributed by atoms with Gasteiger partial charge in [-0.3, -0.25) is 4.79 Å². The van der Waals surface area contributed by atoms with Crippen molar-refractivity contribution in [1.29, 1.82) is 0 Å². The summed E-state index contributed by atoms with van der Waals surface area (Å²) in [6, 6.07) is 5.59. The molecule has 0 bridgehead atoms. The molecule has 0 saturated heterocycles. The Kier molecular flexibility index (Phi) is 3.62. The molecule has 0 unspecified atom stereocenters. The number of amides is 1. The Morgan fingerprint density at radius 3 is 2.77 bits per heavy atom. The molecule has 0 aliphatic carbocycles. The minimum atomic E-state index is -3.41. The van der Waals surface area contributed by atoms with Crippen LogP contribution in [0.1, 0.15) is 22.0 Å². The molecular weight excluding hydrogens is 326 g/mol. The molecule has 1 amide bonds. The number of fused-ring (bicyclic) bond motifs is 1. The highest BCUT2D eigenvalue weighted by Gasteiger charge is 2.38. The maximum Gasteiger partial charge on any atom is 0.255 e. The quantitative estimate of drug-likeness (QED) is 0.833. The first-order valence-corrected chi connectivity index (χ1v) is 8.49. The number of hydrogen-bond donors (Lipinski definition) is 0. The number of aromatic nitrogens is 2. The van der Waals surface area contributed by atoms with Crippen LogP contribution >= 0.6 is 11.6 Å². The number of halogens is 1. The number of carbonyl (C=O) groups excluding carboxylic acids is 1. The van der Waals surface area contributed by atoms with Gasteiger partial charge in [0.05, 0.1) is 34.6 Å². The first-order valence-electron chi connectivity index (χ1n) is 6.46. The molecule has 114 valence electrons. The summed E-state index contributed by atoms with van der Waals surface area (Å²) < 4.78 is 24.5. The van der Waals surface area contributed by atoms with E-state index >= 15 is 0 Å². The van der Waals surface area contributed by atoms with Gasteiger partial charge in [0, 0.05) is 12.1 Å². The topological polar surface area (TPSA) is 80.2 Å². The summed E-state index contributed by atoms with van der Waals surface area (Å²) in [4.78, 5) is 14.1. The molecule has 22 heavy (non-hydrogen) atoms. The minimum Gasteiger partial charge on any atom is -0.334 e. The average Bonchev–Trinajstić information content (AvgIpc) is 2.77. The van der Waals surface area contributed by atoms with Crippen LogP contribution in [0.4, 0.5) is 0 Å². The van der Waals surface area contributed by atoms with Crippen molar-refractivity contribution in [3.8, 4) is 0 Å². The smallest absolute Gasteiger partial charge is 0.255 e. The molecule has 0 radical (unpaired) electrons. The molecule has 0 saturated carbocycles. The fraction of sp³-hybridized carbons (Fsp3) is 0.214. The highest BCUT2D eigenvalue weighted by Crippen LogP contribution is 2.38. The van der Waals surface area contributed by atoms with E-state index in [-0.39, 0.29) is 16.6 Å². The molecule has 0 N–H and O–H groups in total. The van der Waals surface area contributed by atoms with E-state index in [1.807, 2.05) is 0 Å². The van der Waals surface area contributed by atoms with Crippen molar-refractivity contribution in [1.82, 2.24) is 15.1 Å². The van der Waals surface area contributed by atoms with E-state index in [9.17, 15) is 13.2 Å². The van der Waals surface area contributed by atoms with Gasteiger partial charge in [0.2, 0.25) is 0 Å². The molecule has 6 nitrogen and oxygen atoms in total. The largest absolute Gasteiger partial charge is 0.334 e. The predicted molar refractivity (Wildman–Crippen MR) is 80.4 cm³/mol. The van der Waals surface area contributed by atoms with Crippen molar-refractivity contribution in [2.75, 3.05) is 12.8 Å². The summed E-state index contributed by atoms with van der Waals surface area (Å²) in [5.74, 6) is -0.466. The third-order valence-corrected chi connectivity index (χ3v) is 5.69. The molecular formula is C14H12ClN3O3S.